The first-order valence-corrected chi connectivity index (χ1v) is 4.77. The Kier molecular flexibility index (Phi) is 8.33. The molecule has 13 heavy (non-hydrogen) atoms. The Labute approximate surface area is 80.9 Å². The third-order valence-corrected chi connectivity index (χ3v) is 1.80. The van der Waals surface area contributed by atoms with Gasteiger partial charge in [-0.05, 0) is 13.6 Å². The number of ether oxygens (including phenoxy) is 1. The SMILES string of the molecule is CCNCCN(C)CC(O)COC. The van der Waals surface area contributed by atoms with Crippen molar-refractivity contribution < 1.29 is 9.84 Å². The molecule has 0 aromatic rings. The Morgan fingerprint density at radius 1 is 1.54 bits per heavy atom. The van der Waals surface area contributed by atoms with Gasteiger partial charge in [0.1, 0.15) is 0 Å². The van der Waals surface area contributed by atoms with E-state index < -0.39 is 0 Å². The number of nitrogens with one attached hydrogen (secondary N) is 1. The Morgan fingerprint density at radius 3 is 2.77 bits per heavy atom. The maximum atomic E-state index is 9.39. The van der Waals surface area contributed by atoms with E-state index in [1.165, 1.54) is 0 Å². The second kappa shape index (κ2) is 8.44. The lowest BCUT2D eigenvalue weighted by Crippen LogP contribution is -2.36. The quantitative estimate of drug-likeness (QED) is 0.508. The minimum Gasteiger partial charge on any atom is -0.389 e. The number of hydrogen-bond acceptors (Lipinski definition) is 4. The molecule has 4 heteroatoms. The topological polar surface area (TPSA) is 44.7 Å². The van der Waals surface area contributed by atoms with Gasteiger partial charge in [-0.15, -0.1) is 0 Å². The van der Waals surface area contributed by atoms with Crippen LogP contribution in [0.4, 0.5) is 0 Å². The zero-order chi connectivity index (χ0) is 10.1. The molecule has 0 fully saturated rings. The summed E-state index contributed by atoms with van der Waals surface area (Å²) in [5.74, 6) is 0. The Morgan fingerprint density at radius 2 is 2.23 bits per heavy atom. The van der Waals surface area contributed by atoms with E-state index in [4.69, 9.17) is 4.74 Å². The molecule has 0 spiro atoms. The minimum absolute atomic E-state index is 0.378. The molecule has 0 aromatic carbocycles. The maximum Gasteiger partial charge on any atom is 0.0899 e. The molecule has 4 nitrogen and oxygen atoms in total. The predicted octanol–water partition coefficient (Wildman–Crippen LogP) is -0.465. The van der Waals surface area contributed by atoms with E-state index in [0.29, 0.717) is 13.2 Å². The van der Waals surface area contributed by atoms with Crippen LogP contribution >= 0.6 is 0 Å². The zero-order valence-electron chi connectivity index (χ0n) is 8.92. The van der Waals surface area contributed by atoms with Crippen LogP contribution in [0.15, 0.2) is 0 Å². The summed E-state index contributed by atoms with van der Waals surface area (Å²) in [5, 5.41) is 12.6. The first-order valence-electron chi connectivity index (χ1n) is 4.77. The van der Waals surface area contributed by atoms with Gasteiger partial charge in [0.2, 0.25) is 0 Å². The fraction of sp³-hybridized carbons (Fsp3) is 1.00. The molecule has 1 unspecified atom stereocenters. The highest BCUT2D eigenvalue weighted by Crippen LogP contribution is 1.88. The van der Waals surface area contributed by atoms with Gasteiger partial charge in [-0.1, -0.05) is 6.92 Å². The molecule has 0 saturated heterocycles. The van der Waals surface area contributed by atoms with E-state index in [2.05, 4.69) is 17.1 Å². The average molecular weight is 190 g/mol. The second-order valence-electron chi connectivity index (χ2n) is 3.22. The maximum absolute atomic E-state index is 9.39. The Hall–Kier alpha value is -0.160. The molecule has 0 saturated carbocycles. The molecule has 0 heterocycles. The van der Waals surface area contributed by atoms with Crippen molar-refractivity contribution in [2.24, 2.45) is 0 Å². The molecule has 2 N–H and O–H groups in total. The van der Waals surface area contributed by atoms with Crippen LogP contribution < -0.4 is 5.32 Å². The van der Waals surface area contributed by atoms with Crippen LogP contribution in [-0.4, -0.2) is 63.1 Å². The normalized spacial score (nSPS) is 13.6. The molecular formula is C9H22N2O2. The summed E-state index contributed by atoms with van der Waals surface area (Å²) in [6.07, 6.45) is -0.378. The molecule has 0 aliphatic rings. The van der Waals surface area contributed by atoms with Crippen molar-refractivity contribution in [2.45, 2.75) is 13.0 Å². The van der Waals surface area contributed by atoms with E-state index in [-0.39, 0.29) is 6.10 Å². The van der Waals surface area contributed by atoms with Crippen LogP contribution in [0.5, 0.6) is 0 Å². The summed E-state index contributed by atoms with van der Waals surface area (Å²) in [5.41, 5.74) is 0. The van der Waals surface area contributed by atoms with Gasteiger partial charge >= 0.3 is 0 Å². The third-order valence-electron chi connectivity index (χ3n) is 1.80. The van der Waals surface area contributed by atoms with E-state index in [9.17, 15) is 5.11 Å². The third kappa shape index (κ3) is 8.18. The average Bonchev–Trinajstić information content (AvgIpc) is 2.05. The summed E-state index contributed by atoms with van der Waals surface area (Å²) in [6.45, 7) is 6.07. The second-order valence-corrected chi connectivity index (χ2v) is 3.22. The molecule has 0 aromatic heterocycles. The van der Waals surface area contributed by atoms with Crippen molar-refractivity contribution in [1.82, 2.24) is 10.2 Å². The largest absolute Gasteiger partial charge is 0.389 e. The molecular weight excluding hydrogens is 168 g/mol. The summed E-state index contributed by atoms with van der Waals surface area (Å²) in [7, 11) is 3.60. The fourth-order valence-corrected chi connectivity index (χ4v) is 1.14. The summed E-state index contributed by atoms with van der Waals surface area (Å²) in [6, 6.07) is 0. The van der Waals surface area contributed by atoms with Crippen molar-refractivity contribution >= 4 is 0 Å². The minimum atomic E-state index is -0.378. The number of hydrogen-bond donors (Lipinski definition) is 2. The number of aliphatic hydroxyl groups is 1. The molecule has 0 amide bonds. The Bertz CT molecular complexity index is 112. The van der Waals surface area contributed by atoms with Crippen LogP contribution in [0.25, 0.3) is 0 Å². The smallest absolute Gasteiger partial charge is 0.0899 e. The van der Waals surface area contributed by atoms with E-state index >= 15 is 0 Å². The zero-order valence-corrected chi connectivity index (χ0v) is 8.92. The van der Waals surface area contributed by atoms with Crippen LogP contribution in [0.3, 0.4) is 0 Å². The van der Waals surface area contributed by atoms with Crippen LogP contribution in [-0.2, 0) is 4.74 Å². The lowest BCUT2D eigenvalue weighted by molar-refractivity contribution is 0.0435. The summed E-state index contributed by atoms with van der Waals surface area (Å²) in [4.78, 5) is 2.09. The van der Waals surface area contributed by atoms with Crippen LogP contribution in [0.2, 0.25) is 0 Å². The van der Waals surface area contributed by atoms with Crippen molar-refractivity contribution in [2.75, 3.05) is 46.9 Å². The van der Waals surface area contributed by atoms with Crippen molar-refractivity contribution in [3.63, 3.8) is 0 Å². The molecule has 80 valence electrons. The van der Waals surface area contributed by atoms with Gasteiger partial charge < -0.3 is 20.1 Å². The van der Waals surface area contributed by atoms with Gasteiger partial charge in [-0.2, -0.15) is 0 Å². The van der Waals surface area contributed by atoms with E-state index in [0.717, 1.165) is 19.6 Å². The van der Waals surface area contributed by atoms with Crippen LogP contribution in [0.1, 0.15) is 6.92 Å². The lowest BCUT2D eigenvalue weighted by atomic mass is 10.3. The number of likely N-dealkylation sites (N-methyl/N-ethyl adjacent to an activating group) is 2. The molecule has 0 radical (unpaired) electrons. The van der Waals surface area contributed by atoms with Gasteiger partial charge in [-0.25, -0.2) is 0 Å². The highest BCUT2D eigenvalue weighted by Gasteiger charge is 2.06. The number of aliphatic hydroxyl groups excluding tert-OH is 1. The standard InChI is InChI=1S/C9H22N2O2/c1-4-10-5-6-11(2)7-9(12)8-13-3/h9-10,12H,4-8H2,1-3H3. The predicted molar refractivity (Wildman–Crippen MR) is 53.9 cm³/mol. The molecule has 0 aliphatic heterocycles. The van der Waals surface area contributed by atoms with Crippen molar-refractivity contribution in [3.8, 4) is 0 Å². The first kappa shape index (κ1) is 12.8. The Balaban J connectivity index is 3.32. The van der Waals surface area contributed by atoms with Gasteiger partial charge in [-0.3, -0.25) is 0 Å². The first-order chi connectivity index (χ1) is 6.20. The fourth-order valence-electron chi connectivity index (χ4n) is 1.14. The van der Waals surface area contributed by atoms with Gasteiger partial charge in [0.05, 0.1) is 12.7 Å². The number of methoxy groups -OCH3 is 1. The van der Waals surface area contributed by atoms with Crippen LogP contribution in [0, 0.1) is 0 Å². The lowest BCUT2D eigenvalue weighted by Gasteiger charge is -2.19. The number of nitrogens with zero attached hydrogens (tertiary/aromatic N) is 1. The van der Waals surface area contributed by atoms with Gasteiger partial charge in [0, 0.05) is 26.7 Å². The molecule has 1 atom stereocenters. The van der Waals surface area contributed by atoms with Gasteiger partial charge in [0.25, 0.3) is 0 Å². The number of rotatable bonds is 8. The van der Waals surface area contributed by atoms with E-state index in [1.54, 1.807) is 7.11 Å². The molecule has 0 bridgehead atoms. The highest BCUT2D eigenvalue weighted by atomic mass is 16.5. The van der Waals surface area contributed by atoms with Crippen molar-refractivity contribution in [3.05, 3.63) is 0 Å². The van der Waals surface area contributed by atoms with Crippen molar-refractivity contribution in [1.29, 1.82) is 0 Å². The van der Waals surface area contributed by atoms with E-state index in [1.807, 2.05) is 7.05 Å². The van der Waals surface area contributed by atoms with Gasteiger partial charge in [0.15, 0.2) is 0 Å². The summed E-state index contributed by atoms with van der Waals surface area (Å²) >= 11 is 0. The highest BCUT2D eigenvalue weighted by molar-refractivity contribution is 4.61. The molecule has 0 aliphatic carbocycles. The molecule has 0 rings (SSSR count). The monoisotopic (exact) mass is 190 g/mol. The summed E-state index contributed by atoms with van der Waals surface area (Å²) < 4.78 is 4.84.